The normalized spacial score (nSPS) is 10.6. The summed E-state index contributed by atoms with van der Waals surface area (Å²) in [5.74, 6) is 1.89. The molecule has 30 heavy (non-hydrogen) atoms. The van der Waals surface area contributed by atoms with Gasteiger partial charge >= 0.3 is 5.97 Å². The summed E-state index contributed by atoms with van der Waals surface area (Å²) in [4.78, 5) is 30.5. The molecule has 4 rings (SSSR count). The van der Waals surface area contributed by atoms with E-state index in [2.05, 4.69) is 24.7 Å². The molecule has 2 aromatic carbocycles. The fraction of sp³-hybridized carbons (Fsp3) is 0.136. The molecule has 0 atom stereocenters. The molecule has 0 aliphatic carbocycles. The van der Waals surface area contributed by atoms with E-state index in [1.165, 1.54) is 19.5 Å². The Bertz CT molecular complexity index is 1210. The summed E-state index contributed by atoms with van der Waals surface area (Å²) in [6.07, 6.45) is 2.86. The van der Waals surface area contributed by atoms with Crippen molar-refractivity contribution in [2.24, 2.45) is 0 Å². The molecular formula is C22H19N5O3. The maximum atomic E-state index is 11.5. The van der Waals surface area contributed by atoms with Crippen LogP contribution in [0.3, 0.4) is 0 Å². The Kier molecular flexibility index (Phi) is 5.21. The molecule has 0 saturated carbocycles. The standard InChI is InChI=1S/C22H19N5O3/c1-14-25-19-10-5-4-9-18(19)21(26-14)27(2)15-7-6-8-16(11-15)30-17-12-23-20(24-13-17)22(28)29-3/h4-13H,1-3H3. The number of carbonyl (C=O) groups is 1. The predicted octanol–water partition coefficient (Wildman–Crippen LogP) is 4.08. The molecule has 150 valence electrons. The van der Waals surface area contributed by atoms with Crippen molar-refractivity contribution in [3.63, 3.8) is 0 Å². The van der Waals surface area contributed by atoms with Crippen LogP contribution in [0.1, 0.15) is 16.4 Å². The Morgan fingerprint density at radius 1 is 0.967 bits per heavy atom. The van der Waals surface area contributed by atoms with Crippen LogP contribution in [-0.2, 0) is 4.74 Å². The first-order valence-electron chi connectivity index (χ1n) is 9.20. The molecule has 0 fully saturated rings. The number of carbonyl (C=O) groups excluding carboxylic acids is 1. The summed E-state index contributed by atoms with van der Waals surface area (Å²) in [7, 11) is 3.22. The Morgan fingerprint density at radius 2 is 1.73 bits per heavy atom. The third-order valence-electron chi connectivity index (χ3n) is 4.45. The van der Waals surface area contributed by atoms with Crippen molar-refractivity contribution in [1.29, 1.82) is 0 Å². The minimum absolute atomic E-state index is 0.0238. The number of fused-ring (bicyclic) bond motifs is 1. The van der Waals surface area contributed by atoms with Crippen molar-refractivity contribution in [2.75, 3.05) is 19.1 Å². The molecule has 0 bridgehead atoms. The molecule has 2 aromatic heterocycles. The van der Waals surface area contributed by atoms with E-state index in [0.717, 1.165) is 22.4 Å². The Labute approximate surface area is 173 Å². The van der Waals surface area contributed by atoms with Crippen LogP contribution in [0.4, 0.5) is 11.5 Å². The molecule has 0 spiro atoms. The van der Waals surface area contributed by atoms with Crippen molar-refractivity contribution in [3.05, 3.63) is 72.6 Å². The zero-order chi connectivity index (χ0) is 21.1. The van der Waals surface area contributed by atoms with E-state index in [-0.39, 0.29) is 5.82 Å². The molecule has 2 heterocycles. The van der Waals surface area contributed by atoms with Gasteiger partial charge in [-0.25, -0.2) is 24.7 Å². The van der Waals surface area contributed by atoms with E-state index in [1.54, 1.807) is 0 Å². The summed E-state index contributed by atoms with van der Waals surface area (Å²) in [6.45, 7) is 1.88. The number of hydrogen-bond donors (Lipinski definition) is 0. The third-order valence-corrected chi connectivity index (χ3v) is 4.45. The average molecular weight is 401 g/mol. The molecule has 8 nitrogen and oxygen atoms in total. The van der Waals surface area contributed by atoms with Crippen molar-refractivity contribution in [2.45, 2.75) is 6.92 Å². The van der Waals surface area contributed by atoms with E-state index in [0.29, 0.717) is 17.3 Å². The van der Waals surface area contributed by atoms with Crippen LogP contribution in [-0.4, -0.2) is 40.1 Å². The zero-order valence-electron chi connectivity index (χ0n) is 16.7. The van der Waals surface area contributed by atoms with Crippen molar-refractivity contribution in [1.82, 2.24) is 19.9 Å². The van der Waals surface area contributed by atoms with Crippen LogP contribution in [0.5, 0.6) is 11.5 Å². The second-order valence-corrected chi connectivity index (χ2v) is 6.50. The maximum absolute atomic E-state index is 11.5. The molecule has 0 saturated heterocycles. The van der Waals surface area contributed by atoms with E-state index < -0.39 is 5.97 Å². The fourth-order valence-electron chi connectivity index (χ4n) is 3.01. The summed E-state index contributed by atoms with van der Waals surface area (Å²) in [5.41, 5.74) is 1.78. The van der Waals surface area contributed by atoms with Gasteiger partial charge in [-0.15, -0.1) is 0 Å². The number of benzene rings is 2. The van der Waals surface area contributed by atoms with E-state index in [4.69, 9.17) is 4.74 Å². The van der Waals surface area contributed by atoms with Gasteiger partial charge in [0.25, 0.3) is 0 Å². The number of aromatic nitrogens is 4. The molecule has 0 aliphatic rings. The van der Waals surface area contributed by atoms with Gasteiger partial charge in [0, 0.05) is 24.2 Å². The lowest BCUT2D eigenvalue weighted by Crippen LogP contribution is -2.13. The maximum Gasteiger partial charge on any atom is 0.376 e. The number of para-hydroxylation sites is 1. The van der Waals surface area contributed by atoms with Gasteiger partial charge in [-0.2, -0.15) is 0 Å². The summed E-state index contributed by atoms with van der Waals surface area (Å²) in [6, 6.07) is 15.5. The minimum Gasteiger partial charge on any atom is -0.463 e. The summed E-state index contributed by atoms with van der Waals surface area (Å²) in [5, 5.41) is 0.962. The monoisotopic (exact) mass is 401 g/mol. The number of methoxy groups -OCH3 is 1. The van der Waals surface area contributed by atoms with E-state index in [1.807, 2.05) is 67.4 Å². The van der Waals surface area contributed by atoms with E-state index >= 15 is 0 Å². The molecule has 0 aliphatic heterocycles. The highest BCUT2D eigenvalue weighted by Crippen LogP contribution is 2.31. The van der Waals surface area contributed by atoms with Crippen LogP contribution >= 0.6 is 0 Å². The topological polar surface area (TPSA) is 90.3 Å². The van der Waals surface area contributed by atoms with Crippen LogP contribution in [0.25, 0.3) is 10.9 Å². The van der Waals surface area contributed by atoms with Crippen LogP contribution in [0, 0.1) is 6.92 Å². The number of nitrogens with zero attached hydrogens (tertiary/aromatic N) is 5. The quantitative estimate of drug-likeness (QED) is 0.462. The zero-order valence-corrected chi connectivity index (χ0v) is 16.7. The number of rotatable bonds is 5. The SMILES string of the molecule is COC(=O)c1ncc(Oc2cccc(N(C)c3nc(C)nc4ccccc34)c2)cn1. The second-order valence-electron chi connectivity index (χ2n) is 6.50. The number of hydrogen-bond acceptors (Lipinski definition) is 8. The first-order valence-corrected chi connectivity index (χ1v) is 9.20. The number of esters is 1. The van der Waals surface area contributed by atoms with Gasteiger partial charge < -0.3 is 14.4 Å². The average Bonchev–Trinajstić information content (AvgIpc) is 2.78. The number of ether oxygens (including phenoxy) is 2. The first kappa shape index (κ1) is 19.3. The van der Waals surface area contributed by atoms with Gasteiger partial charge in [-0.3, -0.25) is 0 Å². The highest BCUT2D eigenvalue weighted by atomic mass is 16.5. The lowest BCUT2D eigenvalue weighted by Gasteiger charge is -2.21. The van der Waals surface area contributed by atoms with E-state index in [9.17, 15) is 4.79 Å². The molecule has 0 radical (unpaired) electrons. The minimum atomic E-state index is -0.599. The van der Waals surface area contributed by atoms with Gasteiger partial charge in [-0.05, 0) is 31.2 Å². The molecule has 0 amide bonds. The van der Waals surface area contributed by atoms with Gasteiger partial charge in [0.1, 0.15) is 17.4 Å². The second kappa shape index (κ2) is 8.12. The number of aryl methyl sites for hydroxylation is 1. The first-order chi connectivity index (χ1) is 14.5. The van der Waals surface area contributed by atoms with Crippen LogP contribution in [0.15, 0.2) is 60.9 Å². The highest BCUT2D eigenvalue weighted by molar-refractivity contribution is 5.91. The van der Waals surface area contributed by atoms with Crippen molar-refractivity contribution < 1.29 is 14.3 Å². The summed E-state index contributed by atoms with van der Waals surface area (Å²) >= 11 is 0. The summed E-state index contributed by atoms with van der Waals surface area (Å²) < 4.78 is 10.4. The predicted molar refractivity (Wildman–Crippen MR) is 112 cm³/mol. The van der Waals surface area contributed by atoms with Gasteiger partial charge in [0.2, 0.25) is 5.82 Å². The Balaban J connectivity index is 1.62. The molecule has 8 heteroatoms. The molecule has 4 aromatic rings. The van der Waals surface area contributed by atoms with Crippen molar-refractivity contribution in [3.8, 4) is 11.5 Å². The van der Waals surface area contributed by atoms with Gasteiger partial charge in [0.15, 0.2) is 5.75 Å². The van der Waals surface area contributed by atoms with Gasteiger partial charge in [0.05, 0.1) is 25.0 Å². The lowest BCUT2D eigenvalue weighted by atomic mass is 10.2. The molecule has 0 unspecified atom stereocenters. The smallest absolute Gasteiger partial charge is 0.376 e. The number of anilines is 2. The van der Waals surface area contributed by atoms with Crippen molar-refractivity contribution >= 4 is 28.4 Å². The molecular weight excluding hydrogens is 382 g/mol. The third kappa shape index (κ3) is 3.88. The van der Waals surface area contributed by atoms with Gasteiger partial charge in [-0.1, -0.05) is 18.2 Å². The molecule has 0 N–H and O–H groups in total. The van der Waals surface area contributed by atoms with Crippen LogP contribution < -0.4 is 9.64 Å². The lowest BCUT2D eigenvalue weighted by molar-refractivity contribution is 0.0586. The largest absolute Gasteiger partial charge is 0.463 e. The van der Waals surface area contributed by atoms with Crippen LogP contribution in [0.2, 0.25) is 0 Å². The Morgan fingerprint density at radius 3 is 2.50 bits per heavy atom. The fourth-order valence-corrected chi connectivity index (χ4v) is 3.01. The Hall–Kier alpha value is -4.07. The highest BCUT2D eigenvalue weighted by Gasteiger charge is 2.13.